The van der Waals surface area contributed by atoms with Crippen molar-refractivity contribution in [1.29, 1.82) is 0 Å². The molecule has 2 fully saturated rings. The van der Waals surface area contributed by atoms with Crippen molar-refractivity contribution in [2.24, 2.45) is 11.8 Å². The van der Waals surface area contributed by atoms with Crippen molar-refractivity contribution in [3.8, 4) is 0 Å². The van der Waals surface area contributed by atoms with Gasteiger partial charge in [0, 0.05) is 17.8 Å². The topological polar surface area (TPSA) is 56.2 Å². The van der Waals surface area contributed by atoms with Gasteiger partial charge in [-0.25, -0.2) is 0 Å². The van der Waals surface area contributed by atoms with Gasteiger partial charge in [0.15, 0.2) is 5.65 Å². The van der Waals surface area contributed by atoms with Crippen molar-refractivity contribution in [3.05, 3.63) is 24.2 Å². The quantitative estimate of drug-likeness (QED) is 0.814. The van der Waals surface area contributed by atoms with E-state index in [-0.39, 0.29) is 0 Å². The molecule has 4 heteroatoms. The average molecular weight is 228 g/mol. The third kappa shape index (κ3) is 1.30. The minimum atomic E-state index is 0.602. The normalized spacial score (nSPS) is 31.4. The molecule has 0 aliphatic heterocycles. The molecule has 2 aromatic heterocycles. The van der Waals surface area contributed by atoms with Gasteiger partial charge in [-0.3, -0.25) is 4.40 Å². The van der Waals surface area contributed by atoms with Crippen molar-refractivity contribution in [2.75, 3.05) is 5.73 Å². The Kier molecular flexibility index (Phi) is 1.79. The monoisotopic (exact) mass is 228 g/mol. The Morgan fingerprint density at radius 2 is 2.12 bits per heavy atom. The molecule has 17 heavy (non-hydrogen) atoms. The summed E-state index contributed by atoms with van der Waals surface area (Å²) in [6.07, 6.45) is 7.42. The summed E-state index contributed by atoms with van der Waals surface area (Å²) in [6.45, 7) is 0. The van der Waals surface area contributed by atoms with Crippen LogP contribution in [0.25, 0.3) is 5.65 Å². The third-order valence-corrected chi connectivity index (χ3v) is 4.52. The second-order valence-corrected chi connectivity index (χ2v) is 5.53. The first-order chi connectivity index (χ1) is 8.31. The van der Waals surface area contributed by atoms with Crippen LogP contribution in [0.2, 0.25) is 0 Å². The molecular weight excluding hydrogens is 212 g/mol. The number of anilines is 1. The van der Waals surface area contributed by atoms with Gasteiger partial charge in [-0.2, -0.15) is 0 Å². The lowest BCUT2D eigenvalue weighted by Gasteiger charge is -2.19. The largest absolute Gasteiger partial charge is 0.398 e. The number of pyridine rings is 1. The number of fused-ring (bicyclic) bond motifs is 3. The molecule has 2 heterocycles. The molecule has 0 spiro atoms. The van der Waals surface area contributed by atoms with Crippen LogP contribution < -0.4 is 5.73 Å². The van der Waals surface area contributed by atoms with Crippen LogP contribution in [0.4, 0.5) is 5.69 Å². The number of hydrogen-bond acceptors (Lipinski definition) is 3. The molecule has 0 saturated heterocycles. The molecule has 2 bridgehead atoms. The molecule has 4 nitrogen and oxygen atoms in total. The van der Waals surface area contributed by atoms with Gasteiger partial charge >= 0.3 is 0 Å². The summed E-state index contributed by atoms with van der Waals surface area (Å²) < 4.78 is 2.08. The second-order valence-electron chi connectivity index (χ2n) is 5.53. The van der Waals surface area contributed by atoms with Crippen LogP contribution in [-0.4, -0.2) is 14.6 Å². The highest BCUT2D eigenvalue weighted by atomic mass is 15.2. The predicted molar refractivity (Wildman–Crippen MR) is 65.6 cm³/mol. The molecule has 2 N–H and O–H groups in total. The molecule has 0 amide bonds. The Morgan fingerprint density at radius 3 is 2.88 bits per heavy atom. The van der Waals surface area contributed by atoms with Crippen molar-refractivity contribution < 1.29 is 0 Å². The van der Waals surface area contributed by atoms with E-state index in [2.05, 4.69) is 14.6 Å². The van der Waals surface area contributed by atoms with Crippen LogP contribution in [0.3, 0.4) is 0 Å². The van der Waals surface area contributed by atoms with Crippen LogP contribution >= 0.6 is 0 Å². The summed E-state index contributed by atoms with van der Waals surface area (Å²) in [5, 5.41) is 8.64. The van der Waals surface area contributed by atoms with E-state index in [9.17, 15) is 0 Å². The van der Waals surface area contributed by atoms with Gasteiger partial charge in [0.25, 0.3) is 0 Å². The van der Waals surface area contributed by atoms with Gasteiger partial charge in [-0.15, -0.1) is 10.2 Å². The van der Waals surface area contributed by atoms with Gasteiger partial charge in [0.05, 0.1) is 0 Å². The van der Waals surface area contributed by atoms with E-state index in [1.165, 1.54) is 25.7 Å². The number of rotatable bonds is 1. The molecule has 0 radical (unpaired) electrons. The summed E-state index contributed by atoms with van der Waals surface area (Å²) in [7, 11) is 0. The van der Waals surface area contributed by atoms with Crippen LogP contribution in [0, 0.1) is 11.8 Å². The van der Waals surface area contributed by atoms with Gasteiger partial charge in [0.1, 0.15) is 5.82 Å². The molecule has 4 rings (SSSR count). The lowest BCUT2D eigenvalue weighted by molar-refractivity contribution is 0.403. The second kappa shape index (κ2) is 3.22. The highest BCUT2D eigenvalue weighted by Gasteiger charge is 2.42. The fourth-order valence-corrected chi connectivity index (χ4v) is 3.74. The summed E-state index contributed by atoms with van der Waals surface area (Å²) in [5.41, 5.74) is 7.54. The Labute approximate surface area is 99.8 Å². The van der Waals surface area contributed by atoms with Crippen LogP contribution in [0.1, 0.15) is 37.4 Å². The van der Waals surface area contributed by atoms with Crippen molar-refractivity contribution in [3.63, 3.8) is 0 Å². The van der Waals surface area contributed by atoms with E-state index in [1.807, 2.05) is 18.3 Å². The minimum absolute atomic E-state index is 0.602. The third-order valence-electron chi connectivity index (χ3n) is 4.52. The highest BCUT2D eigenvalue weighted by molar-refractivity contribution is 5.47. The molecule has 3 unspecified atom stereocenters. The van der Waals surface area contributed by atoms with Gasteiger partial charge < -0.3 is 5.73 Å². The average Bonchev–Trinajstić information content (AvgIpc) is 3.01. The van der Waals surface area contributed by atoms with Gasteiger partial charge in [0.2, 0.25) is 0 Å². The number of hydrogen-bond donors (Lipinski definition) is 1. The fraction of sp³-hybridized carbons (Fsp3) is 0.538. The Balaban J connectivity index is 1.83. The number of nitrogens with zero attached hydrogens (tertiary/aromatic N) is 3. The highest BCUT2D eigenvalue weighted by Crippen LogP contribution is 2.52. The molecule has 88 valence electrons. The molecule has 2 aromatic rings. The molecule has 2 aliphatic carbocycles. The number of nitrogen functional groups attached to an aromatic ring is 1. The van der Waals surface area contributed by atoms with Crippen molar-refractivity contribution in [1.82, 2.24) is 14.6 Å². The first-order valence-electron chi connectivity index (χ1n) is 6.41. The Hall–Kier alpha value is -1.58. The van der Waals surface area contributed by atoms with Crippen LogP contribution in [0.15, 0.2) is 18.3 Å². The standard InChI is InChI=1S/C13H16N4/c14-10-3-4-12-15-16-13(17(12)7-10)11-6-8-1-2-9(11)5-8/h3-4,7-9,11H,1-2,5-6,14H2. The first kappa shape index (κ1) is 9.45. The van der Waals surface area contributed by atoms with E-state index >= 15 is 0 Å². The van der Waals surface area contributed by atoms with Crippen molar-refractivity contribution in [2.45, 2.75) is 31.6 Å². The predicted octanol–water partition coefficient (Wildman–Crippen LogP) is 2.22. The molecule has 0 aromatic carbocycles. The Bertz CT molecular complexity index is 574. The number of aromatic nitrogens is 3. The maximum atomic E-state index is 5.85. The molecule has 2 aliphatic rings. The van der Waals surface area contributed by atoms with Crippen LogP contribution in [0.5, 0.6) is 0 Å². The van der Waals surface area contributed by atoms with E-state index in [0.717, 1.165) is 29.0 Å². The molecular formula is C13H16N4. The molecule has 3 atom stereocenters. The zero-order valence-corrected chi connectivity index (χ0v) is 9.71. The first-order valence-corrected chi connectivity index (χ1v) is 6.41. The SMILES string of the molecule is Nc1ccc2nnc(C3CC4CCC3C4)n2c1. The van der Waals surface area contributed by atoms with Crippen LogP contribution in [-0.2, 0) is 0 Å². The van der Waals surface area contributed by atoms with Crippen molar-refractivity contribution >= 4 is 11.3 Å². The fourth-order valence-electron chi connectivity index (χ4n) is 3.74. The summed E-state index contributed by atoms with van der Waals surface area (Å²) >= 11 is 0. The van der Waals surface area contributed by atoms with E-state index in [1.54, 1.807) is 0 Å². The lowest BCUT2D eigenvalue weighted by atomic mass is 9.88. The van der Waals surface area contributed by atoms with E-state index in [0.29, 0.717) is 5.92 Å². The molecule has 2 saturated carbocycles. The lowest BCUT2D eigenvalue weighted by Crippen LogP contribution is -2.12. The summed E-state index contributed by atoms with van der Waals surface area (Å²) in [6, 6.07) is 3.83. The summed E-state index contributed by atoms with van der Waals surface area (Å²) in [5.74, 6) is 3.48. The van der Waals surface area contributed by atoms with E-state index in [4.69, 9.17) is 5.73 Å². The number of nitrogens with two attached hydrogens (primary N) is 1. The zero-order valence-electron chi connectivity index (χ0n) is 9.71. The van der Waals surface area contributed by atoms with Gasteiger partial charge in [-0.1, -0.05) is 6.42 Å². The van der Waals surface area contributed by atoms with E-state index < -0.39 is 0 Å². The Morgan fingerprint density at radius 1 is 1.18 bits per heavy atom. The maximum Gasteiger partial charge on any atom is 0.160 e. The minimum Gasteiger partial charge on any atom is -0.398 e. The van der Waals surface area contributed by atoms with Gasteiger partial charge in [-0.05, 0) is 43.2 Å². The smallest absolute Gasteiger partial charge is 0.160 e. The zero-order chi connectivity index (χ0) is 11.4. The summed E-state index contributed by atoms with van der Waals surface area (Å²) in [4.78, 5) is 0. The maximum absolute atomic E-state index is 5.85.